The van der Waals surface area contributed by atoms with Gasteiger partial charge in [-0.2, -0.15) is 0 Å². The fourth-order valence-corrected chi connectivity index (χ4v) is 4.52. The molecular weight excluding hydrogens is 302 g/mol. The molecule has 132 valence electrons. The molecule has 2 atom stereocenters. The Labute approximate surface area is 144 Å². The van der Waals surface area contributed by atoms with Crippen molar-refractivity contribution in [3.63, 3.8) is 0 Å². The van der Waals surface area contributed by atoms with E-state index in [-0.39, 0.29) is 10.6 Å². The zero-order valence-corrected chi connectivity index (χ0v) is 14.9. The molecule has 5 heteroatoms. The molecule has 2 aliphatic rings. The highest BCUT2D eigenvalue weighted by molar-refractivity contribution is 5.39. The van der Waals surface area contributed by atoms with Crippen LogP contribution >= 0.6 is 0 Å². The van der Waals surface area contributed by atoms with Crippen LogP contribution in [0.1, 0.15) is 38.7 Å². The number of piperidine rings is 2. The number of benzene rings is 1. The molecule has 2 fully saturated rings. The van der Waals surface area contributed by atoms with E-state index >= 15 is 0 Å². The van der Waals surface area contributed by atoms with Crippen molar-refractivity contribution < 1.29 is 4.92 Å². The lowest BCUT2D eigenvalue weighted by molar-refractivity contribution is -0.385. The van der Waals surface area contributed by atoms with Gasteiger partial charge in [0.05, 0.1) is 4.92 Å². The Morgan fingerprint density at radius 2 is 1.75 bits per heavy atom. The summed E-state index contributed by atoms with van der Waals surface area (Å²) in [6.45, 7) is 9.97. The molecule has 0 bridgehead atoms. The summed E-state index contributed by atoms with van der Waals surface area (Å²) in [6.07, 6.45) is 3.72. The van der Waals surface area contributed by atoms with Crippen molar-refractivity contribution in [1.82, 2.24) is 9.80 Å². The van der Waals surface area contributed by atoms with Crippen LogP contribution in [0, 0.1) is 22.0 Å². The molecule has 1 aromatic rings. The highest BCUT2D eigenvalue weighted by atomic mass is 16.6. The quantitative estimate of drug-likeness (QED) is 0.625. The summed E-state index contributed by atoms with van der Waals surface area (Å²) >= 11 is 0. The van der Waals surface area contributed by atoms with E-state index in [1.54, 1.807) is 12.1 Å². The summed E-state index contributed by atoms with van der Waals surface area (Å²) in [4.78, 5) is 16.0. The number of nitrogens with zero attached hydrogens (tertiary/aromatic N) is 3. The van der Waals surface area contributed by atoms with Gasteiger partial charge in [-0.1, -0.05) is 32.0 Å². The SMILES string of the molecule is C[C@@H]1C[C@H](C)CN(C2CCN(Cc3ccccc3[N+](=O)[O-])CC2)C1. The van der Waals surface area contributed by atoms with Crippen molar-refractivity contribution in [3.8, 4) is 0 Å². The number of hydrogen-bond donors (Lipinski definition) is 0. The Bertz CT molecular complexity index is 559. The van der Waals surface area contributed by atoms with Crippen LogP contribution in [-0.4, -0.2) is 46.9 Å². The Hall–Kier alpha value is -1.46. The van der Waals surface area contributed by atoms with Crippen molar-refractivity contribution in [2.45, 2.75) is 45.7 Å². The molecule has 0 amide bonds. The first-order valence-corrected chi connectivity index (χ1v) is 9.21. The van der Waals surface area contributed by atoms with Crippen LogP contribution in [0.5, 0.6) is 0 Å². The van der Waals surface area contributed by atoms with E-state index < -0.39 is 0 Å². The molecule has 3 rings (SSSR count). The van der Waals surface area contributed by atoms with Crippen LogP contribution in [0.15, 0.2) is 24.3 Å². The summed E-state index contributed by atoms with van der Waals surface area (Å²) < 4.78 is 0. The highest BCUT2D eigenvalue weighted by Crippen LogP contribution is 2.28. The molecular formula is C19H29N3O2. The third kappa shape index (κ3) is 4.14. The molecule has 2 heterocycles. The van der Waals surface area contributed by atoms with Crippen molar-refractivity contribution >= 4 is 5.69 Å². The number of hydrogen-bond acceptors (Lipinski definition) is 4. The van der Waals surface area contributed by atoms with Crippen molar-refractivity contribution in [3.05, 3.63) is 39.9 Å². The van der Waals surface area contributed by atoms with E-state index in [0.29, 0.717) is 12.6 Å². The van der Waals surface area contributed by atoms with Gasteiger partial charge in [0, 0.05) is 37.3 Å². The normalized spacial score (nSPS) is 27.2. The van der Waals surface area contributed by atoms with Gasteiger partial charge >= 0.3 is 0 Å². The highest BCUT2D eigenvalue weighted by Gasteiger charge is 2.30. The van der Waals surface area contributed by atoms with E-state index in [1.807, 2.05) is 12.1 Å². The van der Waals surface area contributed by atoms with Gasteiger partial charge in [-0.3, -0.25) is 19.9 Å². The molecule has 0 N–H and O–H groups in total. The summed E-state index contributed by atoms with van der Waals surface area (Å²) in [5.74, 6) is 1.61. The van der Waals surface area contributed by atoms with Crippen LogP contribution in [0.2, 0.25) is 0 Å². The minimum Gasteiger partial charge on any atom is -0.300 e. The number of nitro benzene ring substituents is 1. The van der Waals surface area contributed by atoms with Crippen LogP contribution < -0.4 is 0 Å². The molecule has 0 spiro atoms. The average Bonchev–Trinajstić information content (AvgIpc) is 2.55. The van der Waals surface area contributed by atoms with Crippen LogP contribution in [0.25, 0.3) is 0 Å². The second-order valence-electron chi connectivity index (χ2n) is 7.79. The zero-order chi connectivity index (χ0) is 17.1. The standard InChI is InChI=1S/C19H29N3O2/c1-15-11-16(2)13-21(12-15)18-7-9-20(10-8-18)14-17-5-3-4-6-19(17)22(23)24/h3-6,15-16,18H,7-14H2,1-2H3/t15-,16+. The van der Waals surface area contributed by atoms with E-state index in [2.05, 4.69) is 23.6 Å². The average molecular weight is 331 g/mol. The van der Waals surface area contributed by atoms with Crippen molar-refractivity contribution in [1.29, 1.82) is 0 Å². The minimum atomic E-state index is -0.265. The third-order valence-electron chi connectivity index (χ3n) is 5.55. The number of para-hydroxylation sites is 1. The number of nitro groups is 1. The monoisotopic (exact) mass is 331 g/mol. The van der Waals surface area contributed by atoms with E-state index in [1.165, 1.54) is 32.4 Å². The lowest BCUT2D eigenvalue weighted by Crippen LogP contribution is -2.49. The lowest BCUT2D eigenvalue weighted by atomic mass is 9.89. The predicted octanol–water partition coefficient (Wildman–Crippen LogP) is 3.54. The second-order valence-corrected chi connectivity index (χ2v) is 7.79. The minimum absolute atomic E-state index is 0.248. The molecule has 0 aliphatic carbocycles. The Morgan fingerprint density at radius 3 is 2.38 bits per heavy atom. The van der Waals surface area contributed by atoms with Gasteiger partial charge in [-0.15, -0.1) is 0 Å². The first-order chi connectivity index (χ1) is 11.5. The zero-order valence-electron chi connectivity index (χ0n) is 14.9. The Balaban J connectivity index is 1.55. The maximum absolute atomic E-state index is 11.2. The fourth-order valence-electron chi connectivity index (χ4n) is 4.52. The largest absolute Gasteiger partial charge is 0.300 e. The smallest absolute Gasteiger partial charge is 0.273 e. The topological polar surface area (TPSA) is 49.6 Å². The number of likely N-dealkylation sites (tertiary alicyclic amines) is 2. The van der Waals surface area contributed by atoms with E-state index in [0.717, 1.165) is 30.5 Å². The predicted molar refractivity (Wildman–Crippen MR) is 95.9 cm³/mol. The summed E-state index contributed by atoms with van der Waals surface area (Å²) in [7, 11) is 0. The van der Waals surface area contributed by atoms with Gasteiger partial charge in [0.25, 0.3) is 5.69 Å². The van der Waals surface area contributed by atoms with Gasteiger partial charge in [0.15, 0.2) is 0 Å². The second kappa shape index (κ2) is 7.62. The van der Waals surface area contributed by atoms with Crippen LogP contribution in [0.3, 0.4) is 0 Å². The van der Waals surface area contributed by atoms with Crippen LogP contribution in [0.4, 0.5) is 5.69 Å². The molecule has 0 aromatic heterocycles. The summed E-state index contributed by atoms with van der Waals surface area (Å²) in [5.41, 5.74) is 1.08. The maximum atomic E-state index is 11.2. The van der Waals surface area contributed by atoms with Gasteiger partial charge in [-0.05, 0) is 44.2 Å². The van der Waals surface area contributed by atoms with E-state index in [4.69, 9.17) is 0 Å². The molecule has 0 radical (unpaired) electrons. The van der Waals surface area contributed by atoms with Gasteiger partial charge in [-0.25, -0.2) is 0 Å². The van der Waals surface area contributed by atoms with Crippen molar-refractivity contribution in [2.75, 3.05) is 26.2 Å². The summed E-state index contributed by atoms with van der Waals surface area (Å²) in [5, 5.41) is 11.2. The molecule has 24 heavy (non-hydrogen) atoms. The maximum Gasteiger partial charge on any atom is 0.273 e. The molecule has 5 nitrogen and oxygen atoms in total. The van der Waals surface area contributed by atoms with Crippen LogP contribution in [-0.2, 0) is 6.54 Å². The molecule has 2 saturated heterocycles. The molecule has 0 unspecified atom stereocenters. The van der Waals surface area contributed by atoms with Gasteiger partial charge in [0.2, 0.25) is 0 Å². The van der Waals surface area contributed by atoms with E-state index in [9.17, 15) is 10.1 Å². The molecule has 2 aliphatic heterocycles. The fraction of sp³-hybridized carbons (Fsp3) is 0.684. The summed E-state index contributed by atoms with van der Waals surface area (Å²) in [6, 6.07) is 7.83. The first kappa shape index (κ1) is 17.4. The Morgan fingerprint density at radius 1 is 1.12 bits per heavy atom. The van der Waals surface area contributed by atoms with Gasteiger partial charge in [0.1, 0.15) is 0 Å². The van der Waals surface area contributed by atoms with Crippen molar-refractivity contribution in [2.24, 2.45) is 11.8 Å². The Kier molecular flexibility index (Phi) is 5.51. The number of rotatable bonds is 4. The molecule has 0 saturated carbocycles. The third-order valence-corrected chi connectivity index (χ3v) is 5.55. The molecule has 1 aromatic carbocycles. The lowest BCUT2D eigenvalue weighted by Gasteiger charge is -2.43. The van der Waals surface area contributed by atoms with Gasteiger partial charge < -0.3 is 0 Å². The first-order valence-electron chi connectivity index (χ1n) is 9.21.